The lowest BCUT2D eigenvalue weighted by molar-refractivity contribution is -0.135. The lowest BCUT2D eigenvalue weighted by Crippen LogP contribution is -2.53. The van der Waals surface area contributed by atoms with Crippen molar-refractivity contribution < 1.29 is 27.5 Å². The molecule has 1 saturated heterocycles. The third kappa shape index (κ3) is 8.26. The van der Waals surface area contributed by atoms with Gasteiger partial charge in [-0.05, 0) is 126 Å². The minimum atomic E-state index is -3.97. The molecule has 296 valence electrons. The van der Waals surface area contributed by atoms with Crippen molar-refractivity contribution in [1.29, 1.82) is 0 Å². The van der Waals surface area contributed by atoms with E-state index in [0.29, 0.717) is 49.0 Å². The molecule has 5 aliphatic rings. The second-order valence-corrected chi connectivity index (χ2v) is 19.1. The van der Waals surface area contributed by atoms with Crippen molar-refractivity contribution in [2.45, 2.75) is 101 Å². The van der Waals surface area contributed by atoms with Crippen LogP contribution in [0.3, 0.4) is 0 Å². The monoisotopic (exact) mass is 782 g/mol. The third-order valence-electron chi connectivity index (χ3n) is 12.9. The first kappa shape index (κ1) is 40.7. The number of carbonyl (C=O) groups excluding carboxylic acids is 2. The van der Waals surface area contributed by atoms with Gasteiger partial charge in [-0.25, -0.2) is 13.1 Å². The van der Waals surface area contributed by atoms with Crippen LogP contribution in [0.4, 0.5) is 5.69 Å². The fourth-order valence-electron chi connectivity index (χ4n) is 9.31. The molecule has 2 aromatic rings. The van der Waals surface area contributed by atoms with E-state index in [1.807, 2.05) is 25.1 Å². The molecule has 3 aliphatic heterocycles. The van der Waals surface area contributed by atoms with Crippen molar-refractivity contribution in [3.8, 4) is 5.75 Å². The van der Waals surface area contributed by atoms with Crippen molar-refractivity contribution in [1.82, 2.24) is 14.9 Å². The summed E-state index contributed by atoms with van der Waals surface area (Å²) in [6, 6.07) is 12.7. The number of nitrogens with one attached hydrogen (secondary N) is 2. The number of fused-ring (bicyclic) bond motifs is 4. The number of nitrogens with zero attached hydrogens (tertiary/aromatic N) is 2. The normalized spacial score (nSPS) is 33.1. The van der Waals surface area contributed by atoms with E-state index in [1.54, 1.807) is 32.2 Å². The molecule has 3 heterocycles. The molecule has 2 aromatic carbocycles. The molecule has 1 amide bonds. The number of aldehydes is 1. The largest absolute Gasteiger partial charge is 0.490 e. The Bertz CT molecular complexity index is 1820. The van der Waals surface area contributed by atoms with E-state index >= 15 is 0 Å². The smallest absolute Gasteiger partial charge is 0.264 e. The number of hydrogen-bond donors (Lipinski definition) is 2. The molecule has 0 unspecified atom stereocenters. The molecule has 10 nitrogen and oxygen atoms in total. The molecular weight excluding hydrogens is 724 g/mol. The first-order chi connectivity index (χ1) is 25.7. The molecule has 2 fully saturated rings. The maximum absolute atomic E-state index is 13.4. The molecule has 0 radical (unpaired) electrons. The van der Waals surface area contributed by atoms with Crippen LogP contribution in [0.15, 0.2) is 48.6 Å². The molecule has 2 bridgehead atoms. The number of hydrogen-bond acceptors (Lipinski definition) is 9. The number of rotatable bonds is 3. The van der Waals surface area contributed by atoms with Crippen LogP contribution in [-0.2, 0) is 31.4 Å². The maximum Gasteiger partial charge on any atom is 0.264 e. The Balaban J connectivity index is 0.000000432. The molecule has 7 atom stereocenters. The third-order valence-corrected chi connectivity index (χ3v) is 15.1. The average Bonchev–Trinajstić information content (AvgIpc) is 3.28. The van der Waals surface area contributed by atoms with Crippen molar-refractivity contribution >= 4 is 39.5 Å². The van der Waals surface area contributed by atoms with Crippen molar-refractivity contribution in [3.05, 3.63) is 70.3 Å². The van der Waals surface area contributed by atoms with E-state index in [0.717, 1.165) is 57.2 Å². The Morgan fingerprint density at radius 1 is 1.11 bits per heavy atom. The number of amides is 1. The topological polar surface area (TPSA) is 117 Å². The number of sulfonamides is 1. The van der Waals surface area contributed by atoms with Crippen LogP contribution in [0.2, 0.25) is 5.02 Å². The molecular formula is C42H59ClN4O6S. The van der Waals surface area contributed by atoms with Crippen LogP contribution >= 0.6 is 11.6 Å². The summed E-state index contributed by atoms with van der Waals surface area (Å²) in [7, 11) is -2.41. The molecule has 12 heteroatoms. The summed E-state index contributed by atoms with van der Waals surface area (Å²) in [5.41, 5.74) is 2.05. The first-order valence-corrected chi connectivity index (χ1v) is 21.7. The summed E-state index contributed by atoms with van der Waals surface area (Å²) < 4.78 is 41.3. The SMILES string of the molecule is CC(C)N1CCNC[C@@H]1C.CO[C@]1(C=O)/C=C/C[C@H](C)[C@@H](C)S(=O)(=O)NC(=O)c2ccc3c(c2)N(C[C@@H]2CC[C@H]21)C[C@@]1(CCCc2cc(Cl)ccc21)CO3. The molecule has 54 heavy (non-hydrogen) atoms. The Labute approximate surface area is 327 Å². The predicted octanol–water partition coefficient (Wildman–Crippen LogP) is 6.16. The standard InChI is InChI=1S/C34H41ClN2O6S.C8H18N2/c1-22-6-4-15-34(20-38,42-3)29-11-8-26(29)18-37-19-33(14-5-7-24-16-27(35)10-12-28(24)33)21-43-31-13-9-25(17-30(31)37)32(39)36-44(40,41)23(22)2;1-7(2)10-5-4-9-6-8(10)3/h4,9-10,12-13,15-17,20,22-23,26,29H,5-8,11,14,18-19,21H2,1-3H3,(H,36,39);7-9H,4-6H2,1-3H3/b15-4+;/t22-,23+,26-,29+,33-,34-;8-/m00/s1. The van der Waals surface area contributed by atoms with Gasteiger partial charge in [0, 0.05) is 73.8 Å². The summed E-state index contributed by atoms with van der Waals surface area (Å²) in [6.45, 7) is 15.5. The highest BCUT2D eigenvalue weighted by Gasteiger charge is 2.49. The highest BCUT2D eigenvalue weighted by atomic mass is 35.5. The van der Waals surface area contributed by atoms with Crippen LogP contribution < -0.4 is 19.7 Å². The highest BCUT2D eigenvalue weighted by Crippen LogP contribution is 2.48. The molecule has 1 spiro atoms. The van der Waals surface area contributed by atoms with Gasteiger partial charge in [0.25, 0.3) is 5.91 Å². The summed E-state index contributed by atoms with van der Waals surface area (Å²) >= 11 is 6.40. The number of piperazine rings is 1. The molecule has 7 rings (SSSR count). The van der Waals surface area contributed by atoms with Crippen LogP contribution in [0.25, 0.3) is 0 Å². The van der Waals surface area contributed by atoms with Crippen molar-refractivity contribution in [3.63, 3.8) is 0 Å². The number of aryl methyl sites for hydroxylation is 1. The Morgan fingerprint density at radius 2 is 1.91 bits per heavy atom. The van der Waals surface area contributed by atoms with E-state index in [-0.39, 0.29) is 28.7 Å². The zero-order valence-corrected chi connectivity index (χ0v) is 34.3. The van der Waals surface area contributed by atoms with Gasteiger partial charge in [-0.1, -0.05) is 30.7 Å². The van der Waals surface area contributed by atoms with Gasteiger partial charge < -0.3 is 19.7 Å². The second-order valence-electron chi connectivity index (χ2n) is 16.6. The number of anilines is 1. The minimum Gasteiger partial charge on any atom is -0.490 e. The minimum absolute atomic E-state index is 0.0434. The molecule has 2 aliphatic carbocycles. The highest BCUT2D eigenvalue weighted by molar-refractivity contribution is 7.90. The zero-order valence-electron chi connectivity index (χ0n) is 32.8. The van der Waals surface area contributed by atoms with Gasteiger partial charge in [-0.2, -0.15) is 0 Å². The first-order valence-electron chi connectivity index (χ1n) is 19.7. The fourth-order valence-corrected chi connectivity index (χ4v) is 10.8. The van der Waals surface area contributed by atoms with Crippen LogP contribution in [0.5, 0.6) is 5.75 Å². The predicted molar refractivity (Wildman–Crippen MR) is 215 cm³/mol. The van der Waals surface area contributed by atoms with Gasteiger partial charge in [0.1, 0.15) is 11.4 Å². The molecule has 0 aromatic heterocycles. The van der Waals surface area contributed by atoms with E-state index in [9.17, 15) is 18.0 Å². The zero-order chi connectivity index (χ0) is 38.8. The van der Waals surface area contributed by atoms with E-state index in [4.69, 9.17) is 21.1 Å². The van der Waals surface area contributed by atoms with E-state index < -0.39 is 26.8 Å². The maximum atomic E-state index is 13.4. The summed E-state index contributed by atoms with van der Waals surface area (Å²) in [5, 5.41) is 3.25. The number of ether oxygens (including phenoxy) is 2. The van der Waals surface area contributed by atoms with Gasteiger partial charge in [0.15, 0.2) is 6.29 Å². The fraction of sp³-hybridized carbons (Fsp3) is 0.619. The van der Waals surface area contributed by atoms with Gasteiger partial charge in [0.2, 0.25) is 10.0 Å². The quantitative estimate of drug-likeness (QED) is 0.279. The van der Waals surface area contributed by atoms with Crippen LogP contribution in [-0.4, -0.2) is 94.9 Å². The molecule has 2 N–H and O–H groups in total. The van der Waals surface area contributed by atoms with Gasteiger partial charge in [-0.3, -0.25) is 14.5 Å². The number of halogens is 1. The Kier molecular flexibility index (Phi) is 12.5. The van der Waals surface area contributed by atoms with Gasteiger partial charge in [0.05, 0.1) is 17.5 Å². The van der Waals surface area contributed by atoms with Gasteiger partial charge >= 0.3 is 0 Å². The lowest BCUT2D eigenvalue weighted by Gasteiger charge is -2.48. The van der Waals surface area contributed by atoms with Gasteiger partial charge in [-0.15, -0.1) is 0 Å². The summed E-state index contributed by atoms with van der Waals surface area (Å²) in [6.07, 6.45) is 9.65. The van der Waals surface area contributed by atoms with Crippen molar-refractivity contribution in [2.24, 2.45) is 17.8 Å². The lowest BCUT2D eigenvalue weighted by atomic mass is 9.64. The molecule has 1 saturated carbocycles. The Morgan fingerprint density at radius 3 is 2.57 bits per heavy atom. The van der Waals surface area contributed by atoms with Crippen LogP contribution in [0.1, 0.15) is 88.2 Å². The number of allylic oxidation sites excluding steroid dienone is 1. The number of methoxy groups -OCH3 is 1. The summed E-state index contributed by atoms with van der Waals surface area (Å²) in [5.74, 6) is -0.203. The second kappa shape index (κ2) is 16.6. The van der Waals surface area contributed by atoms with E-state index in [2.05, 4.69) is 52.7 Å². The number of benzene rings is 2. The van der Waals surface area contributed by atoms with E-state index in [1.165, 1.54) is 17.7 Å². The number of carbonyl (C=O) groups is 2. The summed E-state index contributed by atoms with van der Waals surface area (Å²) in [4.78, 5) is 30.9. The van der Waals surface area contributed by atoms with Crippen LogP contribution in [0, 0.1) is 17.8 Å². The average molecular weight is 783 g/mol. The van der Waals surface area contributed by atoms with Crippen molar-refractivity contribution in [2.75, 3.05) is 51.3 Å². The Hall–Kier alpha value is -2.96.